The Balaban J connectivity index is 0.000000320. The number of esters is 6. The molecule has 0 aliphatic heterocycles. The van der Waals surface area contributed by atoms with Gasteiger partial charge in [-0.1, -0.05) is 252 Å². The molecule has 0 spiro atoms. The van der Waals surface area contributed by atoms with Gasteiger partial charge in [0.2, 0.25) is 33.3 Å². The Morgan fingerprint density at radius 3 is 0.610 bits per heavy atom. The van der Waals surface area contributed by atoms with Crippen LogP contribution in [0.25, 0.3) is 0 Å². The summed E-state index contributed by atoms with van der Waals surface area (Å²) in [5.41, 5.74) is 0.780. The molecule has 0 saturated heterocycles. The van der Waals surface area contributed by atoms with Crippen LogP contribution < -0.4 is 36.3 Å². The second-order valence-corrected chi connectivity index (χ2v) is 65.9. The maximum Gasteiger partial charge on any atom is 0.349 e. The summed E-state index contributed by atoms with van der Waals surface area (Å²) in [6.45, 7) is 50.5. The molecular formula is C91H126O18Si9. The molecule has 118 heavy (non-hydrogen) atoms. The zero-order valence-corrected chi connectivity index (χ0v) is 80.8. The Labute approximate surface area is 712 Å². The van der Waals surface area contributed by atoms with Crippen LogP contribution in [0.3, 0.4) is 0 Å². The van der Waals surface area contributed by atoms with Gasteiger partial charge in [0, 0.05) is 35.5 Å². The molecular weight excluding hydrogens is 1630 g/mol. The number of ether oxygens (including phenoxy) is 6. The van der Waals surface area contributed by atoms with Crippen molar-refractivity contribution in [2.24, 2.45) is 0 Å². The smallest absolute Gasteiger partial charge is 0.349 e. The lowest BCUT2D eigenvalue weighted by atomic mass is 10.4. The highest BCUT2D eigenvalue weighted by Gasteiger charge is 2.51. The van der Waals surface area contributed by atoms with Crippen molar-refractivity contribution in [2.45, 2.75) is 161 Å². The fraction of sp³-hybridized carbons (Fsp3) is 0.341. The summed E-state index contributed by atoms with van der Waals surface area (Å²) in [7, 11) is -23.6. The standard InChI is InChI=1S/C35H46O6Si3.C33H42O6Si3.C23H38O6Si3/c1-29(2)34(36)38-25-17-27-42(5,31-19-11-8-12-20-31)40-44(7,33-23-15-10-16-24-33)41-43(6,32-21-13-9-14-22-32)28-18-26-39-35(37)30(3)4;1-6-32(34)36-25-17-27-40(3,29-19-11-8-12-20-29)38-42(5,31-23-15-10-16-24-31)39-41(4,30-21-13-9-14-22-30)28-18-26-37-33(35)7-2;1-8-22(24)26-17-13-19-30(3,4)28-32(7,21-15-11-10-12-16-21)29-31(5,6)20-14-18-27-23(25)9-2/h8-16,19-24H,1,3,17-18,25-28H2,2,4-7H3;6-16,19-24H,1-2,17-18,25-28H2,3-5H3;8-12,15-16H,1-2,13-14,17-20H2,3-7H3. The first-order chi connectivity index (χ1) is 56.0. The van der Waals surface area contributed by atoms with Crippen LogP contribution >= 0.6 is 0 Å². The highest BCUT2D eigenvalue weighted by Crippen LogP contribution is 2.32. The number of hydrogen-bond donors (Lipinski definition) is 0. The van der Waals surface area contributed by atoms with E-state index in [0.717, 1.165) is 75.0 Å². The van der Waals surface area contributed by atoms with Gasteiger partial charge in [0.15, 0.2) is 16.6 Å². The van der Waals surface area contributed by atoms with Gasteiger partial charge in [-0.05, 0) is 197 Å². The molecule has 7 rings (SSSR count). The van der Waals surface area contributed by atoms with Crippen LogP contribution in [-0.2, 0) is 81.9 Å². The SMILES string of the molecule is C=C(C)C(=O)OCCC[Si](C)(O[Si](C)(O[Si](C)(CCCOC(=O)C(=C)C)c1ccccc1)c1ccccc1)c1ccccc1.C=CC(=O)OCCC[Si](C)(C)O[Si](C)(O[Si](C)(C)CCCOC(=O)C=C)c1ccccc1.C=CC(=O)OCCC[Si](C)(O[Si](C)(O[Si](C)(CCCOC(=O)C=C)c1ccccc1)c1ccccc1)c1ccccc1. The lowest BCUT2D eigenvalue weighted by molar-refractivity contribution is -0.139. The van der Waals surface area contributed by atoms with E-state index in [9.17, 15) is 28.8 Å². The van der Waals surface area contributed by atoms with Gasteiger partial charge in [-0.2, -0.15) is 0 Å². The third-order valence-corrected chi connectivity index (χ3v) is 59.6. The predicted octanol–water partition coefficient (Wildman–Crippen LogP) is 15.8. The average Bonchev–Trinajstić information content (AvgIpc) is 0.778. The fourth-order valence-corrected chi connectivity index (χ4v) is 57.2. The van der Waals surface area contributed by atoms with Crippen molar-refractivity contribution < 1.29 is 81.9 Å². The molecule has 0 amide bonds. The minimum atomic E-state index is -3.08. The monoisotopic (exact) mass is 1760 g/mol. The number of carbonyl (C=O) groups is 6. The van der Waals surface area contributed by atoms with Crippen molar-refractivity contribution >= 4 is 148 Å². The Kier molecular flexibility index (Phi) is 41.8. The largest absolute Gasteiger partial charge is 0.463 e. The van der Waals surface area contributed by atoms with Crippen molar-refractivity contribution in [2.75, 3.05) is 39.6 Å². The van der Waals surface area contributed by atoms with Gasteiger partial charge in [0.05, 0.1) is 39.6 Å². The van der Waals surface area contributed by atoms with E-state index >= 15 is 0 Å². The molecule has 0 aliphatic carbocycles. The third-order valence-electron chi connectivity index (χ3n) is 19.9. The summed E-state index contributed by atoms with van der Waals surface area (Å²) in [6, 6.07) is 76.9. The highest BCUT2D eigenvalue weighted by atomic mass is 28.5. The molecule has 0 fully saturated rings. The van der Waals surface area contributed by atoms with Crippen molar-refractivity contribution in [3.05, 3.63) is 287 Å². The van der Waals surface area contributed by atoms with Gasteiger partial charge in [-0.25, -0.2) is 28.8 Å². The molecule has 0 aromatic heterocycles. The maximum atomic E-state index is 12.0. The summed E-state index contributed by atoms with van der Waals surface area (Å²) < 4.78 is 75.3. The predicted molar refractivity (Wildman–Crippen MR) is 498 cm³/mol. The highest BCUT2D eigenvalue weighted by molar-refractivity contribution is 7.02. The van der Waals surface area contributed by atoms with Crippen LogP contribution in [-0.4, -0.2) is 151 Å². The molecule has 7 aromatic carbocycles. The van der Waals surface area contributed by atoms with Crippen LogP contribution in [0.15, 0.2) is 287 Å². The van der Waals surface area contributed by atoms with Crippen molar-refractivity contribution in [3.8, 4) is 0 Å². The van der Waals surface area contributed by atoms with E-state index in [0.29, 0.717) is 76.5 Å². The summed E-state index contributed by atoms with van der Waals surface area (Å²) in [5.74, 6) is -2.39. The van der Waals surface area contributed by atoms with E-state index in [1.54, 1.807) is 13.8 Å². The third kappa shape index (κ3) is 34.0. The van der Waals surface area contributed by atoms with Gasteiger partial charge in [-0.3, -0.25) is 0 Å². The molecule has 0 aliphatic rings. The molecule has 27 heteroatoms. The van der Waals surface area contributed by atoms with E-state index in [1.165, 1.54) is 34.7 Å². The van der Waals surface area contributed by atoms with Crippen molar-refractivity contribution in [1.29, 1.82) is 0 Å². The van der Waals surface area contributed by atoms with Crippen LogP contribution in [0.2, 0.25) is 108 Å². The van der Waals surface area contributed by atoms with Crippen molar-refractivity contribution in [3.63, 3.8) is 0 Å². The van der Waals surface area contributed by atoms with Crippen LogP contribution in [0.1, 0.15) is 52.4 Å². The number of carbonyl (C=O) groups excluding carboxylic acids is 6. The van der Waals surface area contributed by atoms with Gasteiger partial charge in [0.1, 0.15) is 0 Å². The summed E-state index contributed by atoms with van der Waals surface area (Å²) in [5, 5.41) is 7.89. The van der Waals surface area contributed by atoms with Crippen LogP contribution in [0.5, 0.6) is 0 Å². The molecule has 4 atom stereocenters. The number of rotatable bonds is 49. The topological polar surface area (TPSA) is 213 Å². The first-order valence-electron chi connectivity index (χ1n) is 40.4. The molecule has 7 aromatic rings. The normalized spacial score (nSPS) is 14.4. The molecule has 18 nitrogen and oxygen atoms in total. The Bertz CT molecular complexity index is 4120. The first-order valence-corrected chi connectivity index (χ1v) is 64.0. The van der Waals surface area contributed by atoms with Gasteiger partial charge < -0.3 is 53.1 Å². The van der Waals surface area contributed by atoms with E-state index in [-0.39, 0.29) is 11.9 Å². The van der Waals surface area contributed by atoms with E-state index < -0.39 is 99.5 Å². The Hall–Kier alpha value is -8.49. The van der Waals surface area contributed by atoms with Gasteiger partial charge >= 0.3 is 61.5 Å². The number of benzene rings is 7. The van der Waals surface area contributed by atoms with E-state index in [2.05, 4.69) is 196 Å². The summed E-state index contributed by atoms with van der Waals surface area (Å²) in [6.07, 6.45) is 8.87. The zero-order valence-electron chi connectivity index (χ0n) is 71.8. The Morgan fingerprint density at radius 1 is 0.254 bits per heavy atom. The molecule has 4 unspecified atom stereocenters. The van der Waals surface area contributed by atoms with Gasteiger partial charge in [-0.15, -0.1) is 0 Å². The second kappa shape index (κ2) is 49.3. The number of hydrogen-bond acceptors (Lipinski definition) is 18. The molecule has 0 heterocycles. The average molecular weight is 1760 g/mol. The first kappa shape index (κ1) is 100. The molecule has 0 bridgehead atoms. The van der Waals surface area contributed by atoms with Crippen molar-refractivity contribution in [1.82, 2.24) is 0 Å². The lowest BCUT2D eigenvalue weighted by Gasteiger charge is -2.43. The van der Waals surface area contributed by atoms with E-state index in [4.69, 9.17) is 53.1 Å². The minimum Gasteiger partial charge on any atom is -0.463 e. The zero-order chi connectivity index (χ0) is 87.0. The Morgan fingerprint density at radius 2 is 0.424 bits per heavy atom. The maximum absolute atomic E-state index is 12.0. The molecule has 634 valence electrons. The van der Waals surface area contributed by atoms with E-state index in [1.807, 2.05) is 127 Å². The van der Waals surface area contributed by atoms with Crippen LogP contribution in [0.4, 0.5) is 0 Å². The second-order valence-electron chi connectivity index (χ2n) is 31.4. The molecule has 0 N–H and O–H groups in total. The molecule has 0 saturated carbocycles. The molecule has 0 radical (unpaired) electrons. The quantitative estimate of drug-likeness (QED) is 0.0114. The fourth-order valence-electron chi connectivity index (χ4n) is 13.8. The summed E-state index contributed by atoms with van der Waals surface area (Å²) in [4.78, 5) is 70.0. The minimum absolute atomic E-state index is 0.300. The van der Waals surface area contributed by atoms with Crippen LogP contribution in [0, 0.1) is 0 Å². The van der Waals surface area contributed by atoms with Gasteiger partial charge in [0.25, 0.3) is 0 Å². The summed E-state index contributed by atoms with van der Waals surface area (Å²) >= 11 is 0. The lowest BCUT2D eigenvalue weighted by Crippen LogP contribution is -2.67.